The van der Waals surface area contributed by atoms with E-state index in [1.807, 2.05) is 19.1 Å². The van der Waals surface area contributed by atoms with Crippen molar-refractivity contribution in [2.75, 3.05) is 7.11 Å². The summed E-state index contributed by atoms with van der Waals surface area (Å²) in [4.78, 5) is 11.4. The van der Waals surface area contributed by atoms with Crippen LogP contribution >= 0.6 is 0 Å². The SMILES string of the molecule is COC(=O)c1ccc(B2OC(C)CC(C)(C)O2)cc1. The van der Waals surface area contributed by atoms with Gasteiger partial charge in [0.1, 0.15) is 0 Å². The number of methoxy groups -OCH3 is 1. The van der Waals surface area contributed by atoms with Crippen molar-refractivity contribution in [2.24, 2.45) is 0 Å². The monoisotopic (exact) mass is 262 g/mol. The molecule has 0 saturated carbocycles. The smallest absolute Gasteiger partial charge is 0.465 e. The van der Waals surface area contributed by atoms with E-state index in [0.717, 1.165) is 11.9 Å². The quantitative estimate of drug-likeness (QED) is 0.602. The minimum Gasteiger partial charge on any atom is -0.465 e. The molecule has 2 rings (SSSR count). The van der Waals surface area contributed by atoms with Crippen molar-refractivity contribution < 1.29 is 18.8 Å². The molecule has 0 spiro atoms. The highest BCUT2D eigenvalue weighted by Crippen LogP contribution is 2.25. The molecular weight excluding hydrogens is 243 g/mol. The van der Waals surface area contributed by atoms with Crippen LogP contribution in [0, 0.1) is 0 Å². The van der Waals surface area contributed by atoms with Crippen LogP contribution in [0.2, 0.25) is 0 Å². The van der Waals surface area contributed by atoms with Crippen molar-refractivity contribution in [3.63, 3.8) is 0 Å². The molecule has 1 aromatic carbocycles. The molecule has 1 aromatic rings. The highest BCUT2D eigenvalue weighted by atomic mass is 16.6. The molecule has 0 bridgehead atoms. The first kappa shape index (κ1) is 14.1. The number of esters is 1. The fraction of sp³-hybridized carbons (Fsp3) is 0.500. The molecule has 4 nitrogen and oxygen atoms in total. The second kappa shape index (κ2) is 5.35. The first-order chi connectivity index (χ1) is 8.91. The Hall–Kier alpha value is -1.33. The van der Waals surface area contributed by atoms with Crippen molar-refractivity contribution in [2.45, 2.75) is 38.9 Å². The largest absolute Gasteiger partial charge is 0.494 e. The third-order valence-corrected chi connectivity index (χ3v) is 3.16. The summed E-state index contributed by atoms with van der Waals surface area (Å²) in [5, 5.41) is 0. The van der Waals surface area contributed by atoms with Gasteiger partial charge in [-0.05, 0) is 44.8 Å². The van der Waals surface area contributed by atoms with E-state index in [9.17, 15) is 4.79 Å². The average Bonchev–Trinajstić information content (AvgIpc) is 2.35. The lowest BCUT2D eigenvalue weighted by atomic mass is 9.75. The van der Waals surface area contributed by atoms with E-state index in [-0.39, 0.29) is 24.8 Å². The maximum absolute atomic E-state index is 11.4. The maximum Gasteiger partial charge on any atom is 0.494 e. The van der Waals surface area contributed by atoms with Crippen LogP contribution in [0.4, 0.5) is 0 Å². The van der Waals surface area contributed by atoms with Crippen LogP contribution in [-0.4, -0.2) is 31.9 Å². The van der Waals surface area contributed by atoms with Crippen LogP contribution in [0.1, 0.15) is 37.6 Å². The number of benzene rings is 1. The van der Waals surface area contributed by atoms with Crippen molar-refractivity contribution >= 4 is 18.6 Å². The number of hydrogen-bond donors (Lipinski definition) is 0. The fourth-order valence-corrected chi connectivity index (χ4v) is 2.36. The fourth-order valence-electron chi connectivity index (χ4n) is 2.36. The Kier molecular flexibility index (Phi) is 3.97. The summed E-state index contributed by atoms with van der Waals surface area (Å²) in [6.45, 7) is 6.16. The van der Waals surface area contributed by atoms with Gasteiger partial charge < -0.3 is 14.0 Å². The molecule has 1 aliphatic rings. The molecule has 1 fully saturated rings. The molecule has 0 aromatic heterocycles. The zero-order valence-corrected chi connectivity index (χ0v) is 11.8. The molecule has 0 aliphatic carbocycles. The number of ether oxygens (including phenoxy) is 1. The van der Waals surface area contributed by atoms with E-state index in [2.05, 4.69) is 18.6 Å². The number of carbonyl (C=O) groups is 1. The van der Waals surface area contributed by atoms with Crippen LogP contribution in [0.5, 0.6) is 0 Å². The zero-order valence-electron chi connectivity index (χ0n) is 11.8. The van der Waals surface area contributed by atoms with E-state index in [4.69, 9.17) is 9.31 Å². The molecule has 19 heavy (non-hydrogen) atoms. The zero-order chi connectivity index (χ0) is 14.0. The van der Waals surface area contributed by atoms with E-state index in [1.165, 1.54) is 7.11 Å². The lowest BCUT2D eigenvalue weighted by Gasteiger charge is -2.38. The number of hydrogen-bond acceptors (Lipinski definition) is 4. The Bertz CT molecular complexity index is 455. The molecular formula is C14H19BO4. The van der Waals surface area contributed by atoms with Gasteiger partial charge >= 0.3 is 13.1 Å². The number of carbonyl (C=O) groups excluding carboxylic acids is 1. The number of rotatable bonds is 2. The van der Waals surface area contributed by atoms with Gasteiger partial charge in [-0.1, -0.05) is 12.1 Å². The summed E-state index contributed by atoms with van der Waals surface area (Å²) >= 11 is 0. The molecule has 1 unspecified atom stereocenters. The van der Waals surface area contributed by atoms with Gasteiger partial charge in [0.25, 0.3) is 0 Å². The highest BCUT2D eigenvalue weighted by molar-refractivity contribution is 6.61. The van der Waals surface area contributed by atoms with Crippen molar-refractivity contribution in [1.29, 1.82) is 0 Å². The normalized spacial score (nSPS) is 22.1. The summed E-state index contributed by atoms with van der Waals surface area (Å²) in [7, 11) is 0.985. The summed E-state index contributed by atoms with van der Waals surface area (Å²) in [5.74, 6) is -0.342. The van der Waals surface area contributed by atoms with Gasteiger partial charge in [0.15, 0.2) is 0 Å². The Morgan fingerprint density at radius 2 is 2.00 bits per heavy atom. The molecule has 1 saturated heterocycles. The summed E-state index contributed by atoms with van der Waals surface area (Å²) in [5.41, 5.74) is 1.23. The van der Waals surface area contributed by atoms with Crippen molar-refractivity contribution in [3.8, 4) is 0 Å². The highest BCUT2D eigenvalue weighted by Gasteiger charge is 2.38. The van der Waals surface area contributed by atoms with Crippen LogP contribution in [0.15, 0.2) is 24.3 Å². The van der Waals surface area contributed by atoms with E-state index in [0.29, 0.717) is 5.56 Å². The molecule has 0 radical (unpaired) electrons. The van der Waals surface area contributed by atoms with Crippen LogP contribution in [0.25, 0.3) is 0 Å². The Labute approximate surface area is 114 Å². The topological polar surface area (TPSA) is 44.8 Å². The average molecular weight is 262 g/mol. The van der Waals surface area contributed by atoms with Crippen LogP contribution in [0.3, 0.4) is 0 Å². The molecule has 0 amide bonds. The van der Waals surface area contributed by atoms with Gasteiger partial charge in [-0.2, -0.15) is 0 Å². The molecule has 5 heteroatoms. The second-order valence-corrected chi connectivity index (χ2v) is 5.47. The predicted octanol–water partition coefficient (Wildman–Crippen LogP) is 1.77. The van der Waals surface area contributed by atoms with E-state index >= 15 is 0 Å². The van der Waals surface area contributed by atoms with Gasteiger partial charge in [0, 0.05) is 6.10 Å². The molecule has 1 aliphatic heterocycles. The first-order valence-electron chi connectivity index (χ1n) is 6.43. The van der Waals surface area contributed by atoms with E-state index in [1.54, 1.807) is 12.1 Å². The minimum absolute atomic E-state index is 0.147. The van der Waals surface area contributed by atoms with Crippen molar-refractivity contribution in [3.05, 3.63) is 29.8 Å². The summed E-state index contributed by atoms with van der Waals surface area (Å²) < 4.78 is 16.4. The maximum atomic E-state index is 11.4. The second-order valence-electron chi connectivity index (χ2n) is 5.47. The van der Waals surface area contributed by atoms with Gasteiger partial charge in [0.05, 0.1) is 18.3 Å². The van der Waals surface area contributed by atoms with Crippen LogP contribution < -0.4 is 5.46 Å². The van der Waals surface area contributed by atoms with Crippen molar-refractivity contribution in [1.82, 2.24) is 0 Å². The molecule has 0 N–H and O–H groups in total. The Morgan fingerprint density at radius 3 is 2.53 bits per heavy atom. The summed E-state index contributed by atoms with van der Waals surface area (Å²) in [6, 6.07) is 7.12. The first-order valence-corrected chi connectivity index (χ1v) is 6.43. The standard InChI is InChI=1S/C14H19BO4/c1-10-9-14(2,3)19-15(18-10)12-7-5-11(6-8-12)13(16)17-4/h5-8,10H,9H2,1-4H3. The van der Waals surface area contributed by atoms with Gasteiger partial charge in [-0.25, -0.2) is 4.79 Å². The third kappa shape index (κ3) is 3.36. The summed E-state index contributed by atoms with van der Waals surface area (Å²) in [6.07, 6.45) is 1.01. The molecule has 1 atom stereocenters. The minimum atomic E-state index is -0.384. The lowest BCUT2D eigenvalue weighted by Crippen LogP contribution is -2.51. The van der Waals surface area contributed by atoms with E-state index < -0.39 is 0 Å². The van der Waals surface area contributed by atoms with Crippen LogP contribution in [-0.2, 0) is 14.0 Å². The predicted molar refractivity (Wildman–Crippen MR) is 73.5 cm³/mol. The third-order valence-electron chi connectivity index (χ3n) is 3.16. The van der Waals surface area contributed by atoms with Gasteiger partial charge in [0.2, 0.25) is 0 Å². The Morgan fingerprint density at radius 1 is 1.37 bits per heavy atom. The molecule has 102 valence electrons. The van der Waals surface area contributed by atoms with Gasteiger partial charge in [-0.3, -0.25) is 0 Å². The van der Waals surface area contributed by atoms with Gasteiger partial charge in [-0.15, -0.1) is 0 Å². The Balaban J connectivity index is 2.15. The molecule has 1 heterocycles. The lowest BCUT2D eigenvalue weighted by molar-refractivity contribution is -0.0229.